The molecule has 53 heavy (non-hydrogen) atoms. The number of aromatic hydroxyl groups is 2. The van der Waals surface area contributed by atoms with E-state index < -0.39 is 0 Å². The van der Waals surface area contributed by atoms with E-state index in [-0.39, 0.29) is 11.5 Å². The van der Waals surface area contributed by atoms with Gasteiger partial charge in [-0.1, -0.05) is 109 Å². The van der Waals surface area contributed by atoms with Gasteiger partial charge >= 0.3 is 0 Å². The van der Waals surface area contributed by atoms with Crippen LogP contribution in [-0.2, 0) is 12.8 Å². The van der Waals surface area contributed by atoms with Gasteiger partial charge in [0.25, 0.3) is 0 Å². The fourth-order valence-corrected chi connectivity index (χ4v) is 8.88. The number of hydrogen-bond donors (Lipinski definition) is 2. The Morgan fingerprint density at radius 2 is 1.09 bits per heavy atom. The Bertz CT molecular complexity index is 2850. The predicted octanol–water partition coefficient (Wildman–Crippen LogP) is 12.3. The number of aromatic nitrogens is 2. The van der Waals surface area contributed by atoms with Crippen LogP contribution in [0.5, 0.6) is 11.5 Å². The van der Waals surface area contributed by atoms with Crippen molar-refractivity contribution in [2.75, 3.05) is 0 Å². The molecule has 256 valence electrons. The second-order valence-corrected chi connectivity index (χ2v) is 14.3. The summed E-state index contributed by atoms with van der Waals surface area (Å²) in [5.74, 6) is -0.208. The number of nitrogens with zero attached hydrogens (tertiary/aromatic N) is 2. The molecule has 0 radical (unpaired) electrons. The molecule has 2 aromatic heterocycles. The highest BCUT2D eigenvalue weighted by molar-refractivity contribution is 6.16. The molecule has 9 aromatic rings. The van der Waals surface area contributed by atoms with Gasteiger partial charge < -0.3 is 19.3 Å². The summed E-state index contributed by atoms with van der Waals surface area (Å²) < 4.78 is 4.54. The topological polar surface area (TPSA) is 50.3 Å². The first-order valence-electron chi connectivity index (χ1n) is 18.5. The maximum Gasteiger partial charge on any atom is 0.183 e. The van der Waals surface area contributed by atoms with E-state index in [0.717, 1.165) is 75.6 Å². The molecule has 4 nitrogen and oxygen atoms in total. The molecule has 1 aliphatic carbocycles. The van der Waals surface area contributed by atoms with E-state index in [4.69, 9.17) is 0 Å². The van der Waals surface area contributed by atoms with Crippen LogP contribution in [0.15, 0.2) is 152 Å². The quantitative estimate of drug-likeness (QED) is 0.177. The van der Waals surface area contributed by atoms with Gasteiger partial charge in [0.1, 0.15) is 5.52 Å². The standard InChI is InChI=1S/C49H38N2O2/c1-31-45(36-25-27-43-41(29-36)39-22-11-12-23-42(39)50(43)38-21-13-18-34(28-38)32-14-5-2-6-15-32)48(52)49(53)47-46(31)40-26-24-35(33-16-7-3-8-17-33)30-44(40)51(47)37-19-9-4-10-20-37/h2-10,13-21,24-30,52-53H,11-12,22-23H2,1H3. The van der Waals surface area contributed by atoms with Gasteiger partial charge in [0.15, 0.2) is 11.5 Å². The van der Waals surface area contributed by atoms with E-state index >= 15 is 0 Å². The lowest BCUT2D eigenvalue weighted by Gasteiger charge is -2.17. The van der Waals surface area contributed by atoms with E-state index in [1.54, 1.807) is 0 Å². The molecule has 2 heterocycles. The Morgan fingerprint density at radius 3 is 1.83 bits per heavy atom. The van der Waals surface area contributed by atoms with Crippen molar-refractivity contribution in [2.45, 2.75) is 32.6 Å². The first kappa shape index (κ1) is 31.2. The number of aryl methyl sites for hydroxylation is 2. The van der Waals surface area contributed by atoms with E-state index in [1.165, 1.54) is 33.3 Å². The van der Waals surface area contributed by atoms with Crippen LogP contribution >= 0.6 is 0 Å². The minimum atomic E-state index is -0.112. The normalized spacial score (nSPS) is 12.8. The second-order valence-electron chi connectivity index (χ2n) is 14.3. The molecule has 0 aliphatic heterocycles. The molecule has 10 rings (SSSR count). The zero-order valence-electron chi connectivity index (χ0n) is 29.6. The minimum Gasteiger partial charge on any atom is -0.504 e. The van der Waals surface area contributed by atoms with Gasteiger partial charge in [-0.25, -0.2) is 0 Å². The number of benzene rings is 7. The van der Waals surface area contributed by atoms with E-state index in [9.17, 15) is 10.2 Å². The average molecular weight is 687 g/mol. The van der Waals surface area contributed by atoms with Crippen LogP contribution in [0.4, 0.5) is 0 Å². The van der Waals surface area contributed by atoms with Gasteiger partial charge in [0.2, 0.25) is 0 Å². The summed E-state index contributed by atoms with van der Waals surface area (Å²) in [5.41, 5.74) is 14.7. The Labute approximate surface area is 308 Å². The van der Waals surface area contributed by atoms with Crippen LogP contribution in [-0.4, -0.2) is 19.3 Å². The Morgan fingerprint density at radius 1 is 0.472 bits per heavy atom. The second kappa shape index (κ2) is 12.3. The number of para-hydroxylation sites is 1. The summed E-state index contributed by atoms with van der Waals surface area (Å²) in [6.45, 7) is 2.08. The Balaban J connectivity index is 1.20. The van der Waals surface area contributed by atoms with Gasteiger partial charge in [-0.15, -0.1) is 0 Å². The van der Waals surface area contributed by atoms with Crippen LogP contribution < -0.4 is 0 Å². The SMILES string of the molecule is Cc1c(-c2ccc3c(c2)c2c(n3-c3cccc(-c4ccccc4)c3)CCCC2)c(O)c(O)c2c1c1ccc(-c3ccccc3)cc1n2-c1ccccc1. The number of rotatable bonds is 5. The lowest BCUT2D eigenvalue weighted by Crippen LogP contribution is -2.06. The van der Waals surface area contributed by atoms with Crippen LogP contribution in [0.2, 0.25) is 0 Å². The maximum atomic E-state index is 12.1. The molecule has 0 atom stereocenters. The lowest BCUT2D eigenvalue weighted by molar-refractivity contribution is 0.408. The van der Waals surface area contributed by atoms with Crippen molar-refractivity contribution >= 4 is 32.7 Å². The van der Waals surface area contributed by atoms with Crippen molar-refractivity contribution in [1.82, 2.24) is 9.13 Å². The molecule has 0 saturated carbocycles. The van der Waals surface area contributed by atoms with Crippen molar-refractivity contribution in [1.29, 1.82) is 0 Å². The minimum absolute atomic E-state index is 0.0958. The van der Waals surface area contributed by atoms with Crippen LogP contribution in [0.3, 0.4) is 0 Å². The molecule has 0 fully saturated rings. The number of fused-ring (bicyclic) bond motifs is 6. The highest BCUT2D eigenvalue weighted by Crippen LogP contribution is 2.50. The van der Waals surface area contributed by atoms with Gasteiger partial charge in [0, 0.05) is 38.8 Å². The fourth-order valence-electron chi connectivity index (χ4n) is 8.88. The third-order valence-corrected chi connectivity index (χ3v) is 11.3. The number of phenols is 2. The van der Waals surface area contributed by atoms with Crippen molar-refractivity contribution in [3.05, 3.63) is 168 Å². The molecule has 0 bridgehead atoms. The zero-order valence-corrected chi connectivity index (χ0v) is 29.6. The van der Waals surface area contributed by atoms with Crippen molar-refractivity contribution in [3.63, 3.8) is 0 Å². The maximum absolute atomic E-state index is 12.1. The summed E-state index contributed by atoms with van der Waals surface area (Å²) in [6.07, 6.45) is 4.36. The molecule has 7 aromatic carbocycles. The van der Waals surface area contributed by atoms with Gasteiger partial charge in [-0.2, -0.15) is 0 Å². The van der Waals surface area contributed by atoms with E-state index in [0.29, 0.717) is 11.1 Å². The fraction of sp³-hybridized carbons (Fsp3) is 0.102. The van der Waals surface area contributed by atoms with Crippen LogP contribution in [0.1, 0.15) is 29.7 Å². The molecule has 0 unspecified atom stereocenters. The van der Waals surface area contributed by atoms with Crippen LogP contribution in [0, 0.1) is 6.92 Å². The van der Waals surface area contributed by atoms with Crippen molar-refractivity contribution in [3.8, 4) is 56.3 Å². The predicted molar refractivity (Wildman–Crippen MR) is 219 cm³/mol. The molecular formula is C49H38N2O2. The summed E-state index contributed by atoms with van der Waals surface area (Å²) in [7, 11) is 0. The molecule has 4 heteroatoms. The summed E-state index contributed by atoms with van der Waals surface area (Å²) in [5, 5.41) is 27.3. The molecule has 0 amide bonds. The van der Waals surface area contributed by atoms with Crippen LogP contribution in [0.25, 0.3) is 77.5 Å². The number of phenolic OH excluding ortho intramolecular Hbond substituents is 2. The zero-order chi connectivity index (χ0) is 35.6. The Hall–Kier alpha value is -6.52. The number of hydrogen-bond acceptors (Lipinski definition) is 2. The third kappa shape index (κ3) is 4.90. The van der Waals surface area contributed by atoms with Gasteiger partial charge in [-0.3, -0.25) is 0 Å². The molecular weight excluding hydrogens is 649 g/mol. The summed E-state index contributed by atoms with van der Waals surface area (Å²) in [6, 6.07) is 52.9. The average Bonchev–Trinajstić information content (AvgIpc) is 3.74. The highest BCUT2D eigenvalue weighted by atomic mass is 16.3. The first-order chi connectivity index (χ1) is 26.1. The summed E-state index contributed by atoms with van der Waals surface area (Å²) >= 11 is 0. The Kier molecular flexibility index (Phi) is 7.26. The van der Waals surface area contributed by atoms with E-state index in [1.807, 2.05) is 36.4 Å². The smallest absolute Gasteiger partial charge is 0.183 e. The lowest BCUT2D eigenvalue weighted by atomic mass is 9.91. The monoisotopic (exact) mass is 686 g/mol. The molecule has 0 spiro atoms. The van der Waals surface area contributed by atoms with Crippen molar-refractivity contribution < 1.29 is 10.2 Å². The first-order valence-corrected chi connectivity index (χ1v) is 18.5. The third-order valence-electron chi connectivity index (χ3n) is 11.3. The van der Waals surface area contributed by atoms with Gasteiger partial charge in [0.05, 0.1) is 11.0 Å². The van der Waals surface area contributed by atoms with Crippen molar-refractivity contribution in [2.24, 2.45) is 0 Å². The highest BCUT2D eigenvalue weighted by Gasteiger charge is 2.27. The van der Waals surface area contributed by atoms with E-state index in [2.05, 4.69) is 131 Å². The van der Waals surface area contributed by atoms with Gasteiger partial charge in [-0.05, 0) is 114 Å². The molecule has 0 saturated heterocycles. The largest absolute Gasteiger partial charge is 0.504 e. The summed E-state index contributed by atoms with van der Waals surface area (Å²) in [4.78, 5) is 0. The molecule has 1 aliphatic rings. The molecule has 2 N–H and O–H groups in total.